The molecule has 1 unspecified atom stereocenters. The number of fused-ring (bicyclic) bond motifs is 3. The van der Waals surface area contributed by atoms with Crippen LogP contribution in [0.5, 0.6) is 0 Å². The molecule has 0 saturated carbocycles. The summed E-state index contributed by atoms with van der Waals surface area (Å²) in [5.41, 5.74) is 2.24. The van der Waals surface area contributed by atoms with Gasteiger partial charge in [0.15, 0.2) is 5.16 Å². The van der Waals surface area contributed by atoms with Crippen molar-refractivity contribution in [2.45, 2.75) is 37.1 Å². The second kappa shape index (κ2) is 6.95. The normalized spacial score (nSPS) is 17.0. The Morgan fingerprint density at radius 2 is 2.20 bits per heavy atom. The van der Waals surface area contributed by atoms with E-state index in [1.807, 2.05) is 12.1 Å². The first-order valence-corrected chi connectivity index (χ1v) is 10.7. The molecule has 2 aromatic heterocycles. The average molecular weight is 411 g/mol. The molecule has 3 aromatic rings. The van der Waals surface area contributed by atoms with Crippen molar-refractivity contribution in [2.24, 2.45) is 5.92 Å². The SMILES string of the molecule is CC1CCc2c(sc3nc(SCc4ccc(Cl)c(Cl)c4)[nH]c(=O)c23)C1. The molecule has 3 nitrogen and oxygen atoms in total. The van der Waals surface area contributed by atoms with Crippen molar-refractivity contribution in [3.63, 3.8) is 0 Å². The van der Waals surface area contributed by atoms with Crippen LogP contribution in [0.4, 0.5) is 0 Å². The number of hydrogen-bond donors (Lipinski definition) is 1. The minimum Gasteiger partial charge on any atom is -0.301 e. The molecule has 1 N–H and O–H groups in total. The van der Waals surface area contributed by atoms with Crippen molar-refractivity contribution >= 4 is 56.5 Å². The molecule has 0 amide bonds. The number of nitrogens with zero attached hydrogens (tertiary/aromatic N) is 1. The highest BCUT2D eigenvalue weighted by molar-refractivity contribution is 7.98. The molecule has 0 saturated heterocycles. The molecule has 1 aromatic carbocycles. The van der Waals surface area contributed by atoms with Gasteiger partial charge in [0.1, 0.15) is 4.83 Å². The van der Waals surface area contributed by atoms with Gasteiger partial charge in [0.25, 0.3) is 5.56 Å². The Labute approximate surface area is 163 Å². The summed E-state index contributed by atoms with van der Waals surface area (Å²) in [5.74, 6) is 1.36. The summed E-state index contributed by atoms with van der Waals surface area (Å²) in [6.07, 6.45) is 3.19. The van der Waals surface area contributed by atoms with E-state index in [-0.39, 0.29) is 5.56 Å². The number of thioether (sulfide) groups is 1. The fourth-order valence-electron chi connectivity index (χ4n) is 3.18. The predicted octanol–water partition coefficient (Wildman–Crippen LogP) is 5.71. The number of aromatic nitrogens is 2. The van der Waals surface area contributed by atoms with E-state index in [4.69, 9.17) is 23.2 Å². The van der Waals surface area contributed by atoms with E-state index in [0.717, 1.165) is 35.0 Å². The molecule has 4 rings (SSSR count). The molecular weight excluding hydrogens is 395 g/mol. The molecule has 0 spiro atoms. The van der Waals surface area contributed by atoms with Gasteiger partial charge in [-0.25, -0.2) is 4.98 Å². The maximum absolute atomic E-state index is 12.6. The number of thiophene rings is 1. The van der Waals surface area contributed by atoms with Crippen LogP contribution in [-0.4, -0.2) is 9.97 Å². The maximum atomic E-state index is 12.6. The van der Waals surface area contributed by atoms with Crippen molar-refractivity contribution in [1.29, 1.82) is 0 Å². The summed E-state index contributed by atoms with van der Waals surface area (Å²) in [6, 6.07) is 5.56. The zero-order valence-electron chi connectivity index (χ0n) is 13.6. The van der Waals surface area contributed by atoms with E-state index < -0.39 is 0 Å². The van der Waals surface area contributed by atoms with Crippen LogP contribution in [0.15, 0.2) is 28.2 Å². The van der Waals surface area contributed by atoms with Crippen LogP contribution in [0.3, 0.4) is 0 Å². The molecule has 25 heavy (non-hydrogen) atoms. The second-order valence-corrected chi connectivity index (χ2v) is 9.30. The standard InChI is InChI=1S/C18H16Cl2N2OS2/c1-9-2-4-11-14(6-9)25-17-15(11)16(23)21-18(22-17)24-8-10-3-5-12(19)13(20)7-10/h3,5,7,9H,2,4,6,8H2,1H3,(H,21,22,23). The largest absolute Gasteiger partial charge is 0.301 e. The Hall–Kier alpha value is -1.01. The van der Waals surface area contributed by atoms with Crippen molar-refractivity contribution in [3.05, 3.63) is 54.6 Å². The van der Waals surface area contributed by atoms with Crippen LogP contribution in [0.1, 0.15) is 29.3 Å². The average Bonchev–Trinajstić information content (AvgIpc) is 2.93. The maximum Gasteiger partial charge on any atom is 0.260 e. The zero-order chi connectivity index (χ0) is 17.6. The third-order valence-corrected chi connectivity index (χ3v) is 7.33. The lowest BCUT2D eigenvalue weighted by atomic mass is 9.89. The Morgan fingerprint density at radius 1 is 1.36 bits per heavy atom. The lowest BCUT2D eigenvalue weighted by Crippen LogP contribution is -2.13. The zero-order valence-corrected chi connectivity index (χ0v) is 16.7. The first-order chi connectivity index (χ1) is 12.0. The van der Waals surface area contributed by atoms with Gasteiger partial charge >= 0.3 is 0 Å². The third-order valence-electron chi connectivity index (χ3n) is 4.50. The fraction of sp³-hybridized carbons (Fsp3) is 0.333. The van der Waals surface area contributed by atoms with Crippen molar-refractivity contribution in [2.75, 3.05) is 0 Å². The highest BCUT2D eigenvalue weighted by atomic mass is 35.5. The molecular formula is C18H16Cl2N2OS2. The summed E-state index contributed by atoms with van der Waals surface area (Å²) in [6.45, 7) is 2.27. The summed E-state index contributed by atoms with van der Waals surface area (Å²) in [7, 11) is 0. The topological polar surface area (TPSA) is 45.8 Å². The van der Waals surface area contributed by atoms with Crippen LogP contribution < -0.4 is 5.56 Å². The van der Waals surface area contributed by atoms with E-state index in [1.54, 1.807) is 17.4 Å². The monoisotopic (exact) mass is 410 g/mol. The number of H-pyrrole nitrogens is 1. The quantitative estimate of drug-likeness (QED) is 0.444. The summed E-state index contributed by atoms with van der Waals surface area (Å²) < 4.78 is 0. The Morgan fingerprint density at radius 3 is 3.00 bits per heavy atom. The number of aryl methyl sites for hydroxylation is 1. The third kappa shape index (κ3) is 3.47. The highest BCUT2D eigenvalue weighted by Gasteiger charge is 2.23. The Kier molecular flexibility index (Phi) is 4.84. The number of hydrogen-bond acceptors (Lipinski definition) is 4. The van der Waals surface area contributed by atoms with Gasteiger partial charge in [-0.05, 0) is 48.4 Å². The van der Waals surface area contributed by atoms with Gasteiger partial charge in [-0.1, -0.05) is 48.0 Å². The second-order valence-electron chi connectivity index (χ2n) is 6.44. The van der Waals surface area contributed by atoms with Gasteiger partial charge < -0.3 is 4.98 Å². The summed E-state index contributed by atoms with van der Waals surface area (Å²) in [4.78, 5) is 22.4. The predicted molar refractivity (Wildman–Crippen MR) is 107 cm³/mol. The van der Waals surface area contributed by atoms with Crippen LogP contribution in [0.25, 0.3) is 10.2 Å². The molecule has 2 heterocycles. The van der Waals surface area contributed by atoms with E-state index in [9.17, 15) is 4.79 Å². The fourth-order valence-corrected chi connectivity index (χ4v) is 5.74. The lowest BCUT2D eigenvalue weighted by Gasteiger charge is -2.17. The van der Waals surface area contributed by atoms with E-state index in [2.05, 4.69) is 16.9 Å². The number of benzene rings is 1. The van der Waals surface area contributed by atoms with Crippen LogP contribution in [0.2, 0.25) is 10.0 Å². The van der Waals surface area contributed by atoms with Crippen LogP contribution in [-0.2, 0) is 18.6 Å². The minimum atomic E-state index is -0.0197. The first kappa shape index (κ1) is 17.4. The molecule has 1 aliphatic carbocycles. The number of rotatable bonds is 3. The molecule has 0 aliphatic heterocycles. The van der Waals surface area contributed by atoms with E-state index >= 15 is 0 Å². The van der Waals surface area contributed by atoms with Crippen molar-refractivity contribution < 1.29 is 0 Å². The summed E-state index contributed by atoms with van der Waals surface area (Å²) in [5, 5.41) is 2.53. The smallest absolute Gasteiger partial charge is 0.260 e. The number of halogens is 2. The Bertz CT molecular complexity index is 1010. The lowest BCUT2D eigenvalue weighted by molar-refractivity contribution is 0.509. The van der Waals surface area contributed by atoms with Crippen molar-refractivity contribution in [1.82, 2.24) is 9.97 Å². The summed E-state index contributed by atoms with van der Waals surface area (Å²) >= 11 is 15.2. The van der Waals surface area contributed by atoms with Gasteiger partial charge in [-0.15, -0.1) is 11.3 Å². The number of nitrogens with one attached hydrogen (secondary N) is 1. The molecule has 130 valence electrons. The van der Waals surface area contributed by atoms with E-state index in [0.29, 0.717) is 26.9 Å². The molecule has 7 heteroatoms. The first-order valence-electron chi connectivity index (χ1n) is 8.12. The van der Waals surface area contributed by atoms with Crippen LogP contribution in [0, 0.1) is 5.92 Å². The Balaban J connectivity index is 1.62. The van der Waals surface area contributed by atoms with Gasteiger partial charge in [-0.2, -0.15) is 0 Å². The molecule has 1 aliphatic rings. The van der Waals surface area contributed by atoms with E-state index in [1.165, 1.54) is 22.2 Å². The molecule has 0 radical (unpaired) electrons. The van der Waals surface area contributed by atoms with Gasteiger partial charge in [0.2, 0.25) is 0 Å². The molecule has 1 atom stereocenters. The van der Waals surface area contributed by atoms with Gasteiger partial charge in [0.05, 0.1) is 15.4 Å². The highest BCUT2D eigenvalue weighted by Crippen LogP contribution is 2.36. The van der Waals surface area contributed by atoms with Gasteiger partial charge in [0, 0.05) is 10.6 Å². The molecule has 0 fully saturated rings. The minimum absolute atomic E-state index is 0.0197. The van der Waals surface area contributed by atoms with Crippen LogP contribution >= 0.6 is 46.3 Å². The number of aromatic amines is 1. The van der Waals surface area contributed by atoms with Crippen molar-refractivity contribution in [3.8, 4) is 0 Å². The molecule has 0 bridgehead atoms. The van der Waals surface area contributed by atoms with Gasteiger partial charge in [-0.3, -0.25) is 4.79 Å².